The lowest BCUT2D eigenvalue weighted by Gasteiger charge is -2.42. The number of hydrogen-bond donors (Lipinski definition) is 6. The van der Waals surface area contributed by atoms with Crippen LogP contribution >= 0.6 is 11.6 Å². The van der Waals surface area contributed by atoms with Crippen molar-refractivity contribution >= 4 is 63.9 Å². The smallest absolute Gasteiger partial charge is 0.409 e. The van der Waals surface area contributed by atoms with Gasteiger partial charge in [-0.05, 0) is 69.5 Å². The predicted molar refractivity (Wildman–Crippen MR) is 296 cm³/mol. The van der Waals surface area contributed by atoms with E-state index < -0.39 is 96.0 Å². The third-order valence-corrected chi connectivity index (χ3v) is 15.4. The number of amides is 5. The molecule has 2 aromatic carbocycles. The lowest BCUT2D eigenvalue weighted by Crippen LogP contribution is -2.63. The number of allylic oxidation sites excluding steroid dienone is 3. The Morgan fingerprint density at radius 1 is 1.04 bits per heavy atom. The summed E-state index contributed by atoms with van der Waals surface area (Å²) in [4.78, 5) is 83.1. The molecule has 9 unspecified atom stereocenters. The quantitative estimate of drug-likeness (QED) is 0.0345. The maximum atomic E-state index is 14.3. The number of aryl methyl sites for hydroxylation is 1. The number of fused-ring (bicyclic) bond motifs is 6. The van der Waals surface area contributed by atoms with Crippen molar-refractivity contribution < 1.29 is 72.1 Å². The fourth-order valence-corrected chi connectivity index (χ4v) is 10.2. The molecule has 4 heterocycles. The molecule has 2 saturated heterocycles. The van der Waals surface area contributed by atoms with E-state index >= 15 is 0 Å². The Bertz CT molecular complexity index is 2740. The third kappa shape index (κ3) is 15.8. The van der Waals surface area contributed by atoms with E-state index in [0.717, 1.165) is 27.7 Å². The molecule has 9 atom stereocenters. The summed E-state index contributed by atoms with van der Waals surface area (Å²) in [6.45, 7) is 7.67. The van der Waals surface area contributed by atoms with Crippen molar-refractivity contribution in [1.82, 2.24) is 35.9 Å². The molecule has 0 radical (unpaired) electrons. The number of methoxy groups -OCH3 is 2. The number of rotatable bonds is 23. The Morgan fingerprint density at radius 3 is 2.46 bits per heavy atom. The number of alkyl carbamates (subject to hydrolysis) is 1. The van der Waals surface area contributed by atoms with Gasteiger partial charge in [0, 0.05) is 71.3 Å². The number of hydrazine groups is 1. The first-order valence-corrected chi connectivity index (χ1v) is 27.1. The number of hydrogen-bond acceptors (Lipinski definition) is 17. The van der Waals surface area contributed by atoms with Gasteiger partial charge in [-0.25, -0.2) is 14.6 Å². The van der Waals surface area contributed by atoms with Crippen LogP contribution in [-0.2, 0) is 71.9 Å². The van der Waals surface area contributed by atoms with Crippen molar-refractivity contribution in [2.24, 2.45) is 5.92 Å². The van der Waals surface area contributed by atoms with Gasteiger partial charge in [0.05, 0.1) is 71.3 Å². The first-order chi connectivity index (χ1) is 38.1. The summed E-state index contributed by atoms with van der Waals surface area (Å²) in [6.07, 6.45) is 0.420. The molecule has 23 nitrogen and oxygen atoms in total. The normalized spacial score (nSPS) is 24.0. The van der Waals surface area contributed by atoms with Crippen molar-refractivity contribution in [2.75, 3.05) is 86.9 Å². The predicted octanol–water partition coefficient (Wildman–Crippen LogP) is 3.14. The molecule has 5 amide bonds. The molecular weight excluding hydrogens is 1060 g/mol. The molecule has 2 fully saturated rings. The lowest BCUT2D eigenvalue weighted by molar-refractivity contribution is -0.162. The van der Waals surface area contributed by atoms with Crippen LogP contribution in [0, 0.1) is 5.92 Å². The van der Waals surface area contributed by atoms with Crippen molar-refractivity contribution in [3.63, 3.8) is 0 Å². The van der Waals surface area contributed by atoms with Gasteiger partial charge in [0.25, 0.3) is 0 Å². The minimum atomic E-state index is -1.88. The summed E-state index contributed by atoms with van der Waals surface area (Å²) in [5.41, 5.74) is 3.92. The van der Waals surface area contributed by atoms with Gasteiger partial charge in [0.2, 0.25) is 23.6 Å². The lowest BCUT2D eigenvalue weighted by atomic mass is 9.83. The van der Waals surface area contributed by atoms with Gasteiger partial charge in [-0.1, -0.05) is 60.5 Å². The van der Waals surface area contributed by atoms with Crippen LogP contribution in [0.1, 0.15) is 64.6 Å². The molecule has 24 heteroatoms. The number of halogens is 1. The first-order valence-electron chi connectivity index (χ1n) is 26.7. The fraction of sp³-hybridized carbons (Fsp3) is 0.571. The molecule has 1 aromatic heterocycles. The Labute approximate surface area is 472 Å². The second-order valence-corrected chi connectivity index (χ2v) is 21.0. The van der Waals surface area contributed by atoms with E-state index in [1.165, 1.54) is 38.0 Å². The van der Waals surface area contributed by atoms with Gasteiger partial charge < -0.3 is 68.4 Å². The van der Waals surface area contributed by atoms with Crippen molar-refractivity contribution in [3.05, 3.63) is 82.5 Å². The van der Waals surface area contributed by atoms with E-state index in [1.807, 2.05) is 56.4 Å². The molecule has 0 aliphatic carbocycles. The highest BCUT2D eigenvalue weighted by molar-refractivity contribution is 6.35. The highest BCUT2D eigenvalue weighted by atomic mass is 35.5. The van der Waals surface area contributed by atoms with Crippen LogP contribution in [-0.4, -0.2) is 190 Å². The summed E-state index contributed by atoms with van der Waals surface area (Å²) >= 11 is 6.82. The Balaban J connectivity index is 0.989. The molecule has 0 saturated carbocycles. The number of nitrogens with zero attached hydrogens (tertiary/aromatic N) is 4. The maximum absolute atomic E-state index is 14.3. The number of likely N-dealkylation sites (N-methyl/N-ethyl adjacent to an activating group) is 1. The Morgan fingerprint density at radius 2 is 1.76 bits per heavy atom. The number of epoxide rings is 1. The molecule has 4 bridgehead atoms. The third-order valence-electron chi connectivity index (χ3n) is 15.0. The van der Waals surface area contributed by atoms with E-state index in [0.29, 0.717) is 30.9 Å². The van der Waals surface area contributed by atoms with Crippen LogP contribution in [0.5, 0.6) is 5.75 Å². The largest absolute Gasteiger partial charge is 0.495 e. The topological polar surface area (TPSA) is 274 Å². The van der Waals surface area contributed by atoms with E-state index in [1.54, 1.807) is 45.2 Å². The summed E-state index contributed by atoms with van der Waals surface area (Å²) in [5, 5.41) is 32.7. The zero-order chi connectivity index (χ0) is 58.5. The highest BCUT2D eigenvalue weighted by Crippen LogP contribution is 2.49. The summed E-state index contributed by atoms with van der Waals surface area (Å²) < 4.78 is 42.7. The van der Waals surface area contributed by atoms with Gasteiger partial charge in [0.1, 0.15) is 46.8 Å². The van der Waals surface area contributed by atoms with Crippen LogP contribution < -0.4 is 31.0 Å². The van der Waals surface area contributed by atoms with Crippen LogP contribution in [0.4, 0.5) is 10.5 Å². The summed E-state index contributed by atoms with van der Waals surface area (Å²) in [7, 11) is 9.63. The SMILES string of the molecule is CNN(C)Cc1cc2ccccc2n1CCC(=O)NC(CO)C(=O)NCCOCCOCCC(=O)N(C)C(C)C(=O)OC1CC(=O)N(C)c2cc(cc(OC)c2Cl)CC(C)=CC=CC(OC)C2(O)CC(OC(=O)N2)C(C)C2OC12C. The fourth-order valence-electron chi connectivity index (χ4n) is 9.90. The second kappa shape index (κ2) is 28.5. The zero-order valence-corrected chi connectivity index (χ0v) is 48.1. The van der Waals surface area contributed by atoms with Gasteiger partial charge >= 0.3 is 12.1 Å². The Hall–Kier alpha value is -6.15. The Kier molecular flexibility index (Phi) is 22.5. The number of para-hydroxylation sites is 1. The average molecular weight is 1140 g/mol. The first kappa shape index (κ1) is 63.0. The molecule has 0 spiro atoms. The molecule has 80 heavy (non-hydrogen) atoms. The molecule has 3 aliphatic rings. The summed E-state index contributed by atoms with van der Waals surface area (Å²) in [6, 6.07) is 11.2. The zero-order valence-electron chi connectivity index (χ0n) is 47.4. The van der Waals surface area contributed by atoms with Crippen molar-refractivity contribution in [3.8, 4) is 5.75 Å². The highest BCUT2D eigenvalue weighted by Gasteiger charge is 2.64. The number of ether oxygens (including phenoxy) is 7. The molecule has 6 N–H and O–H groups in total. The molecular formula is C56H79ClN8O15. The number of aromatic nitrogens is 1. The van der Waals surface area contributed by atoms with E-state index in [9.17, 15) is 39.0 Å². The monoisotopic (exact) mass is 1140 g/mol. The van der Waals surface area contributed by atoms with E-state index in [2.05, 4.69) is 32.0 Å². The number of carbonyl (C=O) groups excluding carboxylic acids is 6. The molecule has 440 valence electrons. The minimum Gasteiger partial charge on any atom is -0.495 e. The average Bonchev–Trinajstić information content (AvgIpc) is 4.25. The second-order valence-electron chi connectivity index (χ2n) is 20.6. The minimum absolute atomic E-state index is 0.00503. The van der Waals surface area contributed by atoms with Crippen LogP contribution in [0.2, 0.25) is 5.02 Å². The summed E-state index contributed by atoms with van der Waals surface area (Å²) in [5.74, 6) is -2.95. The number of carbonyl (C=O) groups is 6. The maximum Gasteiger partial charge on any atom is 0.409 e. The standard InChI is InChI=1S/C56H79ClN8O15/c1-34-14-13-17-45(75-10)56(73)31-44(78-54(72)61-56)35(2)51-55(4,80-51)46(30-49(69)64(8)42-27-37(26-34)28-43(74-9)50(42)57)79-53(71)36(3)63(7)48(68)19-22-76-24-25-77-23-20-59-52(70)40(33-66)60-47(67)18-21-65-39(32-62(6)58-5)29-38-15-11-12-16-41(38)65/h11-17,27-29,35-36,40,44-46,51,58,66,73H,18-26,30-33H2,1-10H3,(H,59,70)(H,60,67)(H,61,72). The van der Waals surface area contributed by atoms with Gasteiger partial charge in [-0.3, -0.25) is 29.9 Å². The van der Waals surface area contributed by atoms with Crippen LogP contribution in [0.15, 0.2) is 66.3 Å². The molecule has 3 aromatic rings. The van der Waals surface area contributed by atoms with Crippen molar-refractivity contribution in [1.29, 1.82) is 0 Å². The molecule has 3 aliphatic heterocycles. The molecule has 6 rings (SSSR count). The van der Waals surface area contributed by atoms with Crippen molar-refractivity contribution in [2.45, 2.75) is 121 Å². The number of aliphatic hydroxyl groups excluding tert-OH is 1. The number of anilines is 1. The number of aliphatic hydroxyl groups is 2. The van der Waals surface area contributed by atoms with Gasteiger partial charge in [-0.15, -0.1) is 0 Å². The van der Waals surface area contributed by atoms with Crippen LogP contribution in [0.25, 0.3) is 10.9 Å². The van der Waals surface area contributed by atoms with Gasteiger partial charge in [-0.2, -0.15) is 0 Å². The number of benzene rings is 2. The van der Waals surface area contributed by atoms with Gasteiger partial charge in [0.15, 0.2) is 5.72 Å². The number of esters is 1. The number of nitrogens with one attached hydrogen (secondary N) is 4. The van der Waals surface area contributed by atoms with Crippen LogP contribution in [0.3, 0.4) is 0 Å². The van der Waals surface area contributed by atoms with E-state index in [-0.39, 0.29) is 63.7 Å². The van der Waals surface area contributed by atoms with E-state index in [4.69, 9.17) is 44.8 Å².